The molecular formula is C16H14ClIN2O2. The molecule has 2 aromatic carbocycles. The molecule has 0 fully saturated rings. The first-order chi connectivity index (χ1) is 10.5. The Balaban J connectivity index is 2.12. The first-order valence-corrected chi connectivity index (χ1v) is 8.02. The number of nitrogens with one attached hydrogen (secondary N) is 1. The lowest BCUT2D eigenvalue weighted by Gasteiger charge is -2.16. The van der Waals surface area contributed by atoms with E-state index in [9.17, 15) is 9.59 Å². The summed E-state index contributed by atoms with van der Waals surface area (Å²) in [5.74, 6) is -0.923. The van der Waals surface area contributed by atoms with E-state index < -0.39 is 11.9 Å². The van der Waals surface area contributed by atoms with Crippen molar-refractivity contribution in [2.75, 3.05) is 0 Å². The van der Waals surface area contributed by atoms with Crippen molar-refractivity contribution in [2.24, 2.45) is 5.73 Å². The molecule has 0 radical (unpaired) electrons. The van der Waals surface area contributed by atoms with Gasteiger partial charge >= 0.3 is 0 Å². The lowest BCUT2D eigenvalue weighted by Crippen LogP contribution is -2.46. The Morgan fingerprint density at radius 3 is 2.36 bits per heavy atom. The van der Waals surface area contributed by atoms with Crippen molar-refractivity contribution < 1.29 is 9.59 Å². The summed E-state index contributed by atoms with van der Waals surface area (Å²) < 4.78 is 1.02. The largest absolute Gasteiger partial charge is 0.368 e. The summed E-state index contributed by atoms with van der Waals surface area (Å²) in [5, 5.41) is 3.21. The molecule has 2 aromatic rings. The molecule has 114 valence electrons. The van der Waals surface area contributed by atoms with E-state index in [0.29, 0.717) is 17.0 Å². The number of amides is 2. The fourth-order valence-corrected chi connectivity index (χ4v) is 2.68. The van der Waals surface area contributed by atoms with E-state index in [1.54, 1.807) is 24.3 Å². The SMILES string of the molecule is NC(=O)[C@@H](Cc1ccccc1I)NC(=O)c1ccc(Cl)cc1. The van der Waals surface area contributed by atoms with Crippen LogP contribution in [0.25, 0.3) is 0 Å². The van der Waals surface area contributed by atoms with Crippen LogP contribution in [0.3, 0.4) is 0 Å². The van der Waals surface area contributed by atoms with E-state index in [1.807, 2.05) is 24.3 Å². The molecule has 6 heteroatoms. The maximum Gasteiger partial charge on any atom is 0.251 e. The molecule has 0 aromatic heterocycles. The van der Waals surface area contributed by atoms with Crippen LogP contribution < -0.4 is 11.1 Å². The highest BCUT2D eigenvalue weighted by molar-refractivity contribution is 14.1. The van der Waals surface area contributed by atoms with Crippen LogP contribution in [0.15, 0.2) is 48.5 Å². The zero-order valence-electron chi connectivity index (χ0n) is 11.6. The summed E-state index contributed by atoms with van der Waals surface area (Å²) >= 11 is 7.98. The normalized spacial score (nSPS) is 11.7. The summed E-state index contributed by atoms with van der Waals surface area (Å²) in [6.07, 6.45) is 0.355. The fraction of sp³-hybridized carbons (Fsp3) is 0.125. The van der Waals surface area contributed by atoms with Crippen molar-refractivity contribution in [1.29, 1.82) is 0 Å². The van der Waals surface area contributed by atoms with E-state index in [-0.39, 0.29) is 5.91 Å². The van der Waals surface area contributed by atoms with Crippen molar-refractivity contribution in [3.8, 4) is 0 Å². The average molecular weight is 429 g/mol. The van der Waals surface area contributed by atoms with Crippen molar-refractivity contribution >= 4 is 46.0 Å². The van der Waals surface area contributed by atoms with E-state index in [0.717, 1.165) is 9.13 Å². The number of hydrogen-bond donors (Lipinski definition) is 2. The molecular weight excluding hydrogens is 415 g/mol. The second-order valence-corrected chi connectivity index (χ2v) is 6.33. The van der Waals surface area contributed by atoms with Gasteiger partial charge in [0.25, 0.3) is 5.91 Å². The Morgan fingerprint density at radius 1 is 1.14 bits per heavy atom. The van der Waals surface area contributed by atoms with Crippen LogP contribution >= 0.6 is 34.2 Å². The quantitative estimate of drug-likeness (QED) is 0.719. The lowest BCUT2D eigenvalue weighted by molar-refractivity contribution is -0.119. The van der Waals surface area contributed by atoms with Gasteiger partial charge in [-0.3, -0.25) is 9.59 Å². The number of rotatable bonds is 5. The average Bonchev–Trinajstić information content (AvgIpc) is 2.49. The Labute approximate surface area is 147 Å². The highest BCUT2D eigenvalue weighted by Crippen LogP contribution is 2.14. The van der Waals surface area contributed by atoms with Gasteiger partial charge in [0.2, 0.25) is 5.91 Å². The summed E-state index contributed by atoms with van der Waals surface area (Å²) in [6, 6.07) is 13.3. The van der Waals surface area contributed by atoms with Crippen LogP contribution in [-0.4, -0.2) is 17.9 Å². The molecule has 0 aliphatic heterocycles. The monoisotopic (exact) mass is 428 g/mol. The third-order valence-electron chi connectivity index (χ3n) is 3.14. The van der Waals surface area contributed by atoms with Gasteiger partial charge in [-0.15, -0.1) is 0 Å². The summed E-state index contributed by atoms with van der Waals surface area (Å²) in [4.78, 5) is 23.8. The Bertz CT molecular complexity index is 689. The van der Waals surface area contributed by atoms with Gasteiger partial charge in [0, 0.05) is 20.6 Å². The van der Waals surface area contributed by atoms with Gasteiger partial charge in [0.15, 0.2) is 0 Å². The van der Waals surface area contributed by atoms with Crippen LogP contribution in [0.4, 0.5) is 0 Å². The topological polar surface area (TPSA) is 72.2 Å². The molecule has 0 aliphatic rings. The van der Waals surface area contributed by atoms with Crippen molar-refractivity contribution in [2.45, 2.75) is 12.5 Å². The van der Waals surface area contributed by atoms with E-state index in [2.05, 4.69) is 27.9 Å². The van der Waals surface area contributed by atoms with Crippen LogP contribution in [0, 0.1) is 3.57 Å². The number of carbonyl (C=O) groups excluding carboxylic acids is 2. The second kappa shape index (κ2) is 7.60. The zero-order chi connectivity index (χ0) is 16.1. The van der Waals surface area contributed by atoms with E-state index in [4.69, 9.17) is 17.3 Å². The Kier molecular flexibility index (Phi) is 5.79. The molecule has 0 saturated heterocycles. The summed E-state index contributed by atoms with van der Waals surface area (Å²) in [5.41, 5.74) is 6.80. The molecule has 1 atom stereocenters. The molecule has 0 spiro atoms. The smallest absolute Gasteiger partial charge is 0.251 e. The molecule has 3 N–H and O–H groups in total. The molecule has 22 heavy (non-hydrogen) atoms. The highest BCUT2D eigenvalue weighted by atomic mass is 127. The highest BCUT2D eigenvalue weighted by Gasteiger charge is 2.20. The maximum atomic E-state index is 12.2. The van der Waals surface area contributed by atoms with Gasteiger partial charge < -0.3 is 11.1 Å². The molecule has 0 aliphatic carbocycles. The van der Waals surface area contributed by atoms with Crippen molar-refractivity contribution in [1.82, 2.24) is 5.32 Å². The lowest BCUT2D eigenvalue weighted by atomic mass is 10.0. The van der Waals surface area contributed by atoms with Crippen LogP contribution in [-0.2, 0) is 11.2 Å². The van der Waals surface area contributed by atoms with Gasteiger partial charge in [0.1, 0.15) is 6.04 Å². The van der Waals surface area contributed by atoms with Crippen LogP contribution in [0.5, 0.6) is 0 Å². The van der Waals surface area contributed by atoms with Gasteiger partial charge in [-0.1, -0.05) is 29.8 Å². The molecule has 4 nitrogen and oxygen atoms in total. The van der Waals surface area contributed by atoms with Crippen molar-refractivity contribution in [3.05, 3.63) is 68.3 Å². The molecule has 0 heterocycles. The van der Waals surface area contributed by atoms with Crippen LogP contribution in [0.2, 0.25) is 5.02 Å². The van der Waals surface area contributed by atoms with Gasteiger partial charge in [-0.2, -0.15) is 0 Å². The number of halogens is 2. The van der Waals surface area contributed by atoms with Gasteiger partial charge in [-0.05, 0) is 58.5 Å². The first kappa shape index (κ1) is 16.8. The molecule has 2 rings (SSSR count). The van der Waals surface area contributed by atoms with Crippen molar-refractivity contribution in [3.63, 3.8) is 0 Å². The number of hydrogen-bond acceptors (Lipinski definition) is 2. The predicted octanol–water partition coefficient (Wildman–Crippen LogP) is 2.77. The first-order valence-electron chi connectivity index (χ1n) is 6.56. The van der Waals surface area contributed by atoms with E-state index >= 15 is 0 Å². The second-order valence-electron chi connectivity index (χ2n) is 4.73. The number of carbonyl (C=O) groups is 2. The molecule has 2 amide bonds. The van der Waals surface area contributed by atoms with E-state index in [1.165, 1.54) is 0 Å². The van der Waals surface area contributed by atoms with Gasteiger partial charge in [0.05, 0.1) is 0 Å². The van der Waals surface area contributed by atoms with Gasteiger partial charge in [-0.25, -0.2) is 0 Å². The third kappa shape index (κ3) is 4.45. The molecule has 0 unspecified atom stereocenters. The Hall–Kier alpha value is -1.60. The Morgan fingerprint density at radius 2 is 1.77 bits per heavy atom. The minimum Gasteiger partial charge on any atom is -0.368 e. The summed E-state index contributed by atoms with van der Waals surface area (Å²) in [6.45, 7) is 0. The predicted molar refractivity (Wildman–Crippen MR) is 94.8 cm³/mol. The number of primary amides is 1. The summed E-state index contributed by atoms with van der Waals surface area (Å²) in [7, 11) is 0. The molecule has 0 saturated carbocycles. The third-order valence-corrected chi connectivity index (χ3v) is 4.44. The van der Waals surface area contributed by atoms with Crippen LogP contribution in [0.1, 0.15) is 15.9 Å². The fourth-order valence-electron chi connectivity index (χ4n) is 1.95. The standard InChI is InChI=1S/C16H14ClIN2O2/c17-12-7-5-10(6-8-12)16(22)20-14(15(19)21)9-11-3-1-2-4-13(11)18/h1-8,14H,9H2,(H2,19,21)(H,20,22)/t14-/m1/s1. The zero-order valence-corrected chi connectivity index (χ0v) is 14.5. The minimum atomic E-state index is -0.765. The molecule has 0 bridgehead atoms. The number of nitrogens with two attached hydrogens (primary N) is 1. The maximum absolute atomic E-state index is 12.2. The number of benzene rings is 2. The minimum absolute atomic E-state index is 0.355.